The molecule has 0 atom stereocenters. The van der Waals surface area contributed by atoms with Crippen LogP contribution in [0.2, 0.25) is 5.02 Å². The zero-order valence-electron chi connectivity index (χ0n) is 17.5. The first-order chi connectivity index (χ1) is 15.0. The molecule has 0 unspecified atom stereocenters. The lowest BCUT2D eigenvalue weighted by atomic mass is 10.2. The van der Waals surface area contributed by atoms with Crippen molar-refractivity contribution in [2.24, 2.45) is 10.7 Å². The number of aliphatic imine (C=N–C) groups is 1. The number of methoxy groups -OCH3 is 1. The summed E-state index contributed by atoms with van der Waals surface area (Å²) in [6.07, 6.45) is 1.67. The van der Waals surface area contributed by atoms with Crippen molar-refractivity contribution in [3.05, 3.63) is 47.2 Å². The Balaban J connectivity index is 1.45. The molecule has 1 saturated heterocycles. The Labute approximate surface area is 185 Å². The van der Waals surface area contributed by atoms with Crippen LogP contribution >= 0.6 is 11.6 Å². The predicted molar refractivity (Wildman–Crippen MR) is 121 cm³/mol. The Bertz CT molecular complexity index is 1140. The molecule has 0 spiro atoms. The number of fused-ring (bicyclic) bond motifs is 1. The molecule has 0 aliphatic carbocycles. The van der Waals surface area contributed by atoms with E-state index in [0.29, 0.717) is 41.0 Å². The maximum Gasteiger partial charge on any atom is 0.244 e. The summed E-state index contributed by atoms with van der Waals surface area (Å²) in [4.78, 5) is 25.4. The molecule has 0 saturated carbocycles. The van der Waals surface area contributed by atoms with Crippen molar-refractivity contribution in [1.82, 2.24) is 19.7 Å². The lowest BCUT2D eigenvalue weighted by Gasteiger charge is -2.36. The average molecular weight is 442 g/mol. The summed E-state index contributed by atoms with van der Waals surface area (Å²) in [6.45, 7) is 2.76. The Morgan fingerprint density at radius 2 is 2.03 bits per heavy atom. The minimum Gasteiger partial charge on any atom is -0.495 e. The Hall–Kier alpha value is -3.33. The maximum atomic E-state index is 13.0. The van der Waals surface area contributed by atoms with Crippen molar-refractivity contribution in [2.45, 2.75) is 6.54 Å². The zero-order valence-corrected chi connectivity index (χ0v) is 18.2. The number of carbonyl (C=O) groups excluding carboxylic acids is 1. The summed E-state index contributed by atoms with van der Waals surface area (Å²) in [7, 11) is 3.21. The molecule has 0 radical (unpaired) electrons. The van der Waals surface area contributed by atoms with Gasteiger partial charge in [-0.1, -0.05) is 11.6 Å². The van der Waals surface area contributed by atoms with Gasteiger partial charge < -0.3 is 20.3 Å². The first kappa shape index (κ1) is 20.9. The van der Waals surface area contributed by atoms with Gasteiger partial charge in [-0.25, -0.2) is 9.67 Å². The number of halogens is 1. The number of anilines is 1. The van der Waals surface area contributed by atoms with Crippen LogP contribution in [-0.4, -0.2) is 71.7 Å². The molecule has 4 rings (SSSR count). The summed E-state index contributed by atoms with van der Waals surface area (Å²) in [5.41, 5.74) is 8.16. The molecule has 1 aliphatic rings. The van der Waals surface area contributed by atoms with Gasteiger partial charge >= 0.3 is 0 Å². The average Bonchev–Trinajstić information content (AvgIpc) is 3.17. The van der Waals surface area contributed by atoms with Crippen LogP contribution in [-0.2, 0) is 11.3 Å². The molecule has 31 heavy (non-hydrogen) atoms. The molecule has 10 heteroatoms. The van der Waals surface area contributed by atoms with Crippen LogP contribution in [0.15, 0.2) is 41.5 Å². The van der Waals surface area contributed by atoms with E-state index < -0.39 is 0 Å². The lowest BCUT2D eigenvalue weighted by Crippen LogP contribution is -2.49. The normalized spacial score (nSPS) is 14.9. The monoisotopic (exact) mass is 441 g/mol. The molecule has 162 valence electrons. The molecule has 0 bridgehead atoms. The summed E-state index contributed by atoms with van der Waals surface area (Å²) in [6, 6.07) is 9.40. The summed E-state index contributed by atoms with van der Waals surface area (Å²) in [5.74, 6) is 0.944. The number of benzene rings is 1. The molecule has 1 fully saturated rings. The maximum absolute atomic E-state index is 13.0. The number of pyridine rings is 1. The molecular weight excluding hydrogens is 418 g/mol. The van der Waals surface area contributed by atoms with Gasteiger partial charge in [0.05, 0.1) is 17.5 Å². The fourth-order valence-corrected chi connectivity index (χ4v) is 3.90. The number of nitrogens with two attached hydrogens (primary N) is 1. The number of amidine groups is 1. The minimum absolute atomic E-state index is 0.0121. The van der Waals surface area contributed by atoms with Crippen molar-refractivity contribution in [3.63, 3.8) is 0 Å². The summed E-state index contributed by atoms with van der Waals surface area (Å²) in [5, 5.41) is 5.85. The number of piperazine rings is 1. The van der Waals surface area contributed by atoms with E-state index in [1.54, 1.807) is 25.0 Å². The molecule has 3 heterocycles. The number of hydrogen-bond donors (Lipinski definition) is 1. The van der Waals surface area contributed by atoms with Crippen LogP contribution < -0.4 is 15.4 Å². The van der Waals surface area contributed by atoms with Gasteiger partial charge in [0.25, 0.3) is 0 Å². The minimum atomic E-state index is -0.0121. The molecular formula is C21H24ClN7O2. The Morgan fingerprint density at radius 3 is 2.74 bits per heavy atom. The van der Waals surface area contributed by atoms with Crippen molar-refractivity contribution in [1.29, 1.82) is 0 Å². The van der Waals surface area contributed by atoms with Crippen molar-refractivity contribution < 1.29 is 9.53 Å². The predicted octanol–water partition coefficient (Wildman–Crippen LogP) is 1.78. The Morgan fingerprint density at radius 1 is 1.26 bits per heavy atom. The van der Waals surface area contributed by atoms with Gasteiger partial charge in [0.1, 0.15) is 23.8 Å². The van der Waals surface area contributed by atoms with Gasteiger partial charge in [0, 0.05) is 51.2 Å². The van der Waals surface area contributed by atoms with Gasteiger partial charge in [-0.05, 0) is 24.3 Å². The number of carbonyl (C=O) groups is 1. The molecule has 2 aromatic heterocycles. The molecule has 9 nitrogen and oxygen atoms in total. The summed E-state index contributed by atoms with van der Waals surface area (Å²) >= 11 is 6.12. The van der Waals surface area contributed by atoms with Crippen LogP contribution in [0.1, 0.15) is 5.69 Å². The van der Waals surface area contributed by atoms with Crippen LogP contribution in [0, 0.1) is 0 Å². The van der Waals surface area contributed by atoms with Crippen molar-refractivity contribution in [3.8, 4) is 5.75 Å². The van der Waals surface area contributed by atoms with Gasteiger partial charge in [0.15, 0.2) is 5.65 Å². The Kier molecular flexibility index (Phi) is 5.94. The van der Waals surface area contributed by atoms with E-state index in [4.69, 9.17) is 22.1 Å². The van der Waals surface area contributed by atoms with E-state index in [1.807, 2.05) is 35.2 Å². The molecule has 1 amide bonds. The fourth-order valence-electron chi connectivity index (χ4n) is 3.70. The highest BCUT2D eigenvalue weighted by Gasteiger charge is 2.24. The van der Waals surface area contributed by atoms with E-state index in [1.165, 1.54) is 0 Å². The van der Waals surface area contributed by atoms with Crippen molar-refractivity contribution >= 4 is 40.1 Å². The van der Waals surface area contributed by atoms with E-state index in [-0.39, 0.29) is 12.5 Å². The van der Waals surface area contributed by atoms with E-state index in [2.05, 4.69) is 20.0 Å². The largest absolute Gasteiger partial charge is 0.495 e. The number of rotatable bonds is 5. The van der Waals surface area contributed by atoms with Gasteiger partial charge in [0.2, 0.25) is 5.91 Å². The molecule has 3 aromatic rings. The van der Waals surface area contributed by atoms with Gasteiger partial charge in [-0.3, -0.25) is 9.79 Å². The van der Waals surface area contributed by atoms with E-state index in [0.717, 1.165) is 24.2 Å². The molecule has 1 aliphatic heterocycles. The fraction of sp³-hybridized carbons (Fsp3) is 0.333. The number of aromatic nitrogens is 3. The third kappa shape index (κ3) is 4.13. The van der Waals surface area contributed by atoms with Crippen LogP contribution in [0.3, 0.4) is 0 Å². The SMILES string of the molecule is CN=C(N)c1nn(CC(=O)N2CCN(c3ccc(Cl)c(OC)c3)CC2)c2ncccc12. The number of nitrogens with zero attached hydrogens (tertiary/aromatic N) is 6. The van der Waals surface area contributed by atoms with Gasteiger partial charge in [-0.2, -0.15) is 5.10 Å². The van der Waals surface area contributed by atoms with Gasteiger partial charge in [-0.15, -0.1) is 0 Å². The second-order valence-corrected chi connectivity index (χ2v) is 7.58. The van der Waals surface area contributed by atoms with Crippen LogP contribution in [0.5, 0.6) is 5.75 Å². The number of ether oxygens (including phenoxy) is 1. The first-order valence-electron chi connectivity index (χ1n) is 9.92. The van der Waals surface area contributed by atoms with E-state index in [9.17, 15) is 4.79 Å². The third-order valence-electron chi connectivity index (χ3n) is 5.41. The number of amides is 1. The topological polar surface area (TPSA) is 102 Å². The summed E-state index contributed by atoms with van der Waals surface area (Å²) < 4.78 is 6.91. The second-order valence-electron chi connectivity index (χ2n) is 7.18. The zero-order chi connectivity index (χ0) is 22.0. The highest BCUT2D eigenvalue weighted by Crippen LogP contribution is 2.29. The lowest BCUT2D eigenvalue weighted by molar-refractivity contribution is -0.132. The highest BCUT2D eigenvalue weighted by molar-refractivity contribution is 6.32. The first-order valence-corrected chi connectivity index (χ1v) is 10.3. The van der Waals surface area contributed by atoms with Crippen LogP contribution in [0.4, 0.5) is 5.69 Å². The quantitative estimate of drug-likeness (QED) is 0.478. The van der Waals surface area contributed by atoms with Crippen LogP contribution in [0.25, 0.3) is 11.0 Å². The number of hydrogen-bond acceptors (Lipinski definition) is 6. The smallest absolute Gasteiger partial charge is 0.244 e. The third-order valence-corrected chi connectivity index (χ3v) is 5.72. The van der Waals surface area contributed by atoms with Crippen molar-refractivity contribution in [2.75, 3.05) is 45.2 Å². The standard InChI is InChI=1S/C21H24ClN7O2/c1-24-20(23)19-15-4-3-7-25-21(15)29(26-19)13-18(30)28-10-8-27(9-11-28)14-5-6-16(22)17(12-14)31-2/h3-7,12H,8-11,13H2,1-2H3,(H2,23,24). The highest BCUT2D eigenvalue weighted by atomic mass is 35.5. The molecule has 1 aromatic carbocycles. The second kappa shape index (κ2) is 8.81. The van der Waals surface area contributed by atoms with E-state index >= 15 is 0 Å². The molecule has 2 N–H and O–H groups in total.